The van der Waals surface area contributed by atoms with Gasteiger partial charge in [0.05, 0.1) is 0 Å². The zero-order valence-corrected chi connectivity index (χ0v) is 12.4. The van der Waals surface area contributed by atoms with Gasteiger partial charge in [-0.05, 0) is 42.7 Å². The van der Waals surface area contributed by atoms with Crippen LogP contribution in [0, 0.1) is 0 Å². The molecule has 2 aromatic rings. The Morgan fingerprint density at radius 3 is 2.38 bits per heavy atom. The second-order valence-electron chi connectivity index (χ2n) is 5.56. The Labute approximate surface area is 129 Å². The lowest BCUT2D eigenvalue weighted by atomic mass is 9.64. The summed E-state index contributed by atoms with van der Waals surface area (Å²) in [5, 5.41) is 3.80. The smallest absolute Gasteiger partial charge is 0.251 e. The number of pyridine rings is 1. The number of hydrogen-bond donors (Lipinski definition) is 1. The van der Waals surface area contributed by atoms with Gasteiger partial charge in [-0.3, -0.25) is 9.78 Å². The number of nitrogens with one attached hydrogen (secondary N) is 1. The van der Waals surface area contributed by atoms with Gasteiger partial charge in [-0.25, -0.2) is 0 Å². The van der Waals surface area contributed by atoms with Gasteiger partial charge in [0.1, 0.15) is 0 Å². The van der Waals surface area contributed by atoms with Crippen molar-refractivity contribution in [1.82, 2.24) is 10.3 Å². The molecule has 1 aliphatic rings. The predicted molar refractivity (Wildman–Crippen MR) is 83.6 cm³/mol. The zero-order valence-electron chi connectivity index (χ0n) is 11.7. The molecular formula is C17H17ClN2O. The molecule has 1 N–H and O–H groups in total. The predicted octanol–water partition coefficient (Wildman–Crippen LogP) is 3.59. The fourth-order valence-electron chi connectivity index (χ4n) is 2.83. The first-order valence-electron chi connectivity index (χ1n) is 7.14. The number of aromatic nitrogens is 1. The van der Waals surface area contributed by atoms with Gasteiger partial charge in [-0.15, -0.1) is 0 Å². The average molecular weight is 301 g/mol. The van der Waals surface area contributed by atoms with E-state index in [1.54, 1.807) is 24.5 Å². The molecular weight excluding hydrogens is 284 g/mol. The summed E-state index contributed by atoms with van der Waals surface area (Å²) in [7, 11) is 0. The van der Waals surface area contributed by atoms with E-state index >= 15 is 0 Å². The minimum absolute atomic E-state index is 0.0439. The monoisotopic (exact) mass is 300 g/mol. The molecule has 3 rings (SSSR count). The lowest BCUT2D eigenvalue weighted by Gasteiger charge is -2.42. The van der Waals surface area contributed by atoms with E-state index in [1.807, 2.05) is 12.1 Å². The molecule has 1 aliphatic carbocycles. The highest BCUT2D eigenvalue weighted by atomic mass is 35.5. The van der Waals surface area contributed by atoms with Crippen molar-refractivity contribution in [3.63, 3.8) is 0 Å². The van der Waals surface area contributed by atoms with Gasteiger partial charge in [-0.1, -0.05) is 30.2 Å². The van der Waals surface area contributed by atoms with E-state index in [0.717, 1.165) is 17.9 Å². The second kappa shape index (κ2) is 5.86. The van der Waals surface area contributed by atoms with Crippen LogP contribution in [0.15, 0.2) is 48.8 Å². The van der Waals surface area contributed by atoms with Crippen molar-refractivity contribution in [1.29, 1.82) is 0 Å². The Balaban J connectivity index is 1.70. The highest BCUT2D eigenvalue weighted by Crippen LogP contribution is 2.43. The standard InChI is InChI=1S/C17H17ClN2O/c18-15-4-2-14(3-5-15)17(8-1-9-17)12-20-16(21)13-6-10-19-11-7-13/h2-7,10-11H,1,8-9,12H2,(H,20,21). The van der Waals surface area contributed by atoms with Gasteiger partial charge in [0.2, 0.25) is 0 Å². The first-order chi connectivity index (χ1) is 10.2. The van der Waals surface area contributed by atoms with E-state index in [2.05, 4.69) is 22.4 Å². The van der Waals surface area contributed by atoms with Crippen molar-refractivity contribution in [2.45, 2.75) is 24.7 Å². The molecule has 0 atom stereocenters. The molecule has 0 spiro atoms. The summed E-state index contributed by atoms with van der Waals surface area (Å²) in [6.45, 7) is 0.662. The van der Waals surface area contributed by atoms with E-state index in [9.17, 15) is 4.79 Å². The van der Waals surface area contributed by atoms with Crippen LogP contribution in [0.4, 0.5) is 0 Å². The first kappa shape index (κ1) is 14.1. The van der Waals surface area contributed by atoms with Crippen molar-refractivity contribution >= 4 is 17.5 Å². The number of carbonyl (C=O) groups is 1. The quantitative estimate of drug-likeness (QED) is 0.937. The normalized spacial score (nSPS) is 16.0. The molecule has 108 valence electrons. The fraction of sp³-hybridized carbons (Fsp3) is 0.294. The third-order valence-electron chi connectivity index (χ3n) is 4.30. The molecule has 21 heavy (non-hydrogen) atoms. The van der Waals surface area contributed by atoms with E-state index in [1.165, 1.54) is 12.0 Å². The molecule has 4 heteroatoms. The SMILES string of the molecule is O=C(NCC1(c2ccc(Cl)cc2)CCC1)c1ccncc1. The molecule has 1 aromatic carbocycles. The number of carbonyl (C=O) groups excluding carboxylic acids is 1. The third kappa shape index (κ3) is 2.93. The van der Waals surface area contributed by atoms with Crippen LogP contribution in [-0.2, 0) is 5.41 Å². The molecule has 1 amide bonds. The van der Waals surface area contributed by atoms with Crippen molar-refractivity contribution in [2.24, 2.45) is 0 Å². The highest BCUT2D eigenvalue weighted by molar-refractivity contribution is 6.30. The molecule has 0 saturated heterocycles. The van der Waals surface area contributed by atoms with Crippen molar-refractivity contribution in [3.05, 3.63) is 64.9 Å². The molecule has 3 nitrogen and oxygen atoms in total. The maximum atomic E-state index is 12.2. The van der Waals surface area contributed by atoms with Crippen LogP contribution in [0.2, 0.25) is 5.02 Å². The lowest BCUT2D eigenvalue weighted by molar-refractivity contribution is 0.0927. The number of hydrogen-bond acceptors (Lipinski definition) is 2. The second-order valence-corrected chi connectivity index (χ2v) is 6.00. The molecule has 0 unspecified atom stereocenters. The summed E-state index contributed by atoms with van der Waals surface area (Å²) >= 11 is 5.95. The Morgan fingerprint density at radius 2 is 1.81 bits per heavy atom. The minimum atomic E-state index is -0.0439. The maximum absolute atomic E-state index is 12.2. The van der Waals surface area contributed by atoms with Crippen LogP contribution in [-0.4, -0.2) is 17.4 Å². The van der Waals surface area contributed by atoms with Gasteiger partial charge < -0.3 is 5.32 Å². The molecule has 1 heterocycles. The average Bonchev–Trinajstić information content (AvgIpc) is 2.48. The van der Waals surface area contributed by atoms with Crippen molar-refractivity contribution in [3.8, 4) is 0 Å². The zero-order chi connectivity index (χ0) is 14.7. The van der Waals surface area contributed by atoms with Crippen LogP contribution in [0.3, 0.4) is 0 Å². The van der Waals surface area contributed by atoms with Crippen LogP contribution in [0.5, 0.6) is 0 Å². The number of rotatable bonds is 4. The molecule has 1 saturated carbocycles. The van der Waals surface area contributed by atoms with Gasteiger partial charge in [0.15, 0.2) is 0 Å². The van der Waals surface area contributed by atoms with Crippen molar-refractivity contribution in [2.75, 3.05) is 6.54 Å². The van der Waals surface area contributed by atoms with Gasteiger partial charge in [0, 0.05) is 34.9 Å². The number of amides is 1. The number of halogens is 1. The van der Waals surface area contributed by atoms with Crippen molar-refractivity contribution < 1.29 is 4.79 Å². The lowest BCUT2D eigenvalue weighted by Crippen LogP contribution is -2.45. The molecule has 1 aromatic heterocycles. The molecule has 0 aliphatic heterocycles. The molecule has 0 bridgehead atoms. The summed E-state index contributed by atoms with van der Waals surface area (Å²) in [6.07, 6.45) is 6.67. The van der Waals surface area contributed by atoms with Crippen LogP contribution in [0.25, 0.3) is 0 Å². The topological polar surface area (TPSA) is 42.0 Å². The number of benzene rings is 1. The number of nitrogens with zero attached hydrogens (tertiary/aromatic N) is 1. The Kier molecular flexibility index (Phi) is 3.93. The largest absolute Gasteiger partial charge is 0.351 e. The van der Waals surface area contributed by atoms with Gasteiger partial charge in [0.25, 0.3) is 5.91 Å². The summed E-state index contributed by atoms with van der Waals surface area (Å²) in [6, 6.07) is 11.4. The maximum Gasteiger partial charge on any atom is 0.251 e. The Hall–Kier alpha value is -1.87. The summed E-state index contributed by atoms with van der Waals surface area (Å²) in [5.74, 6) is -0.0439. The molecule has 0 radical (unpaired) electrons. The van der Waals surface area contributed by atoms with Crippen LogP contribution in [0.1, 0.15) is 35.2 Å². The van der Waals surface area contributed by atoms with E-state index < -0.39 is 0 Å². The van der Waals surface area contributed by atoms with Gasteiger partial charge in [-0.2, -0.15) is 0 Å². The van der Waals surface area contributed by atoms with Crippen LogP contribution < -0.4 is 5.32 Å². The Morgan fingerprint density at radius 1 is 1.14 bits per heavy atom. The summed E-state index contributed by atoms with van der Waals surface area (Å²) in [4.78, 5) is 16.1. The van der Waals surface area contributed by atoms with E-state index in [0.29, 0.717) is 12.1 Å². The Bertz CT molecular complexity index is 621. The summed E-state index contributed by atoms with van der Waals surface area (Å²) < 4.78 is 0. The van der Waals surface area contributed by atoms with E-state index in [-0.39, 0.29) is 11.3 Å². The third-order valence-corrected chi connectivity index (χ3v) is 4.55. The van der Waals surface area contributed by atoms with Gasteiger partial charge >= 0.3 is 0 Å². The summed E-state index contributed by atoms with van der Waals surface area (Å²) in [5.41, 5.74) is 1.97. The van der Waals surface area contributed by atoms with E-state index in [4.69, 9.17) is 11.6 Å². The van der Waals surface area contributed by atoms with Crippen LogP contribution >= 0.6 is 11.6 Å². The first-order valence-corrected chi connectivity index (χ1v) is 7.52. The highest BCUT2D eigenvalue weighted by Gasteiger charge is 2.38. The minimum Gasteiger partial charge on any atom is -0.351 e. The molecule has 1 fully saturated rings. The fourth-order valence-corrected chi connectivity index (χ4v) is 2.96.